The maximum absolute atomic E-state index is 13.8. The molecule has 0 heterocycles. The van der Waals surface area contributed by atoms with Gasteiger partial charge in [0.15, 0.2) is 36.0 Å². The monoisotopic (exact) mass is 537 g/mol. The molecule has 0 bridgehead atoms. The highest BCUT2D eigenvalue weighted by Crippen LogP contribution is 2.39. The molecule has 196 valence electrons. The molecule has 0 aliphatic heterocycles. The fourth-order valence-electron chi connectivity index (χ4n) is 3.67. The van der Waals surface area contributed by atoms with Crippen LogP contribution in [0.25, 0.3) is 0 Å². The van der Waals surface area contributed by atoms with Crippen molar-refractivity contribution in [1.82, 2.24) is 0 Å². The van der Waals surface area contributed by atoms with Crippen molar-refractivity contribution in [1.29, 1.82) is 5.26 Å². The van der Waals surface area contributed by atoms with Gasteiger partial charge in [-0.25, -0.2) is 16.8 Å². The Balaban J connectivity index is 2.75. The number of hydrogen-bond acceptors (Lipinski definition) is 9. The number of carbonyl (C=O) groups excluding carboxylic acids is 1. The molecule has 0 fully saturated rings. The minimum absolute atomic E-state index is 0.0995. The van der Waals surface area contributed by atoms with Crippen molar-refractivity contribution in [2.24, 2.45) is 5.41 Å². The van der Waals surface area contributed by atoms with Crippen LogP contribution in [0.4, 0.5) is 0 Å². The Morgan fingerprint density at radius 1 is 0.806 bits per heavy atom. The lowest BCUT2D eigenvalue weighted by Gasteiger charge is -2.31. The first-order valence-corrected chi connectivity index (χ1v) is 14.6. The van der Waals surface area contributed by atoms with Gasteiger partial charge >= 0.3 is 5.97 Å². The molecule has 36 heavy (non-hydrogen) atoms. The molecule has 0 N–H and O–H groups in total. The normalized spacial score (nSPS) is 13.8. The average molecular weight is 538 g/mol. The molecule has 0 amide bonds. The van der Waals surface area contributed by atoms with E-state index >= 15 is 0 Å². The van der Waals surface area contributed by atoms with E-state index in [1.165, 1.54) is 55.5 Å². The second kappa shape index (κ2) is 13.0. The van der Waals surface area contributed by atoms with Crippen LogP contribution in [0.2, 0.25) is 0 Å². The van der Waals surface area contributed by atoms with Gasteiger partial charge in [-0.2, -0.15) is 5.26 Å². The van der Waals surface area contributed by atoms with Gasteiger partial charge in [0.25, 0.3) is 0 Å². The lowest BCUT2D eigenvalue weighted by molar-refractivity contribution is -0.172. The van der Waals surface area contributed by atoms with Gasteiger partial charge in [-0.3, -0.25) is 4.79 Å². The van der Waals surface area contributed by atoms with Crippen LogP contribution in [0.15, 0.2) is 70.5 Å². The molecule has 0 saturated heterocycles. The largest absolute Gasteiger partial charge is 0.465 e. The molecule has 11 heteroatoms. The van der Waals surface area contributed by atoms with E-state index in [-0.39, 0.29) is 29.6 Å². The van der Waals surface area contributed by atoms with Crippen molar-refractivity contribution in [3.05, 3.63) is 60.7 Å². The van der Waals surface area contributed by atoms with Gasteiger partial charge in [-0.1, -0.05) is 36.4 Å². The van der Waals surface area contributed by atoms with Crippen LogP contribution in [-0.4, -0.2) is 53.5 Å². The fourth-order valence-corrected chi connectivity index (χ4v) is 8.36. The Bertz CT molecular complexity index is 1170. The van der Waals surface area contributed by atoms with Crippen LogP contribution in [0.3, 0.4) is 0 Å². The van der Waals surface area contributed by atoms with Gasteiger partial charge in [0.2, 0.25) is 0 Å². The molecule has 2 rings (SSSR count). The Hall–Kier alpha value is -2.78. The van der Waals surface area contributed by atoms with Gasteiger partial charge in [-0.15, -0.1) is 0 Å². The first-order valence-electron chi connectivity index (χ1n) is 11.5. The van der Waals surface area contributed by atoms with E-state index in [1.807, 2.05) is 6.07 Å². The molecular formula is C25H31NO8S2. The number of carbonyl (C=O) groups is 1. The highest BCUT2D eigenvalue weighted by molar-refractivity contribution is 8.09. The number of esters is 1. The van der Waals surface area contributed by atoms with Crippen molar-refractivity contribution in [2.75, 3.05) is 19.8 Å². The van der Waals surface area contributed by atoms with E-state index in [0.717, 1.165) is 0 Å². The number of ether oxygens (including phenoxy) is 3. The first kappa shape index (κ1) is 29.5. The summed E-state index contributed by atoms with van der Waals surface area (Å²) >= 11 is 0. The first-order chi connectivity index (χ1) is 17.1. The molecule has 0 aromatic heterocycles. The smallest absolute Gasteiger partial charge is 0.326 e. The Labute approximate surface area is 212 Å². The van der Waals surface area contributed by atoms with Gasteiger partial charge in [0.05, 0.1) is 22.5 Å². The highest BCUT2D eigenvalue weighted by Gasteiger charge is 2.52. The summed E-state index contributed by atoms with van der Waals surface area (Å²) < 4.78 is 69.0. The van der Waals surface area contributed by atoms with Crippen LogP contribution in [0.1, 0.15) is 33.6 Å². The molecule has 0 saturated carbocycles. The minimum atomic E-state index is -4.59. The van der Waals surface area contributed by atoms with E-state index in [9.17, 15) is 26.9 Å². The van der Waals surface area contributed by atoms with Crippen molar-refractivity contribution >= 4 is 25.6 Å². The maximum Gasteiger partial charge on any atom is 0.326 e. The SMILES string of the molecule is CCOC(=O)C(C#N)(CC(OCC)OCC)CC(S(=O)(=O)c1ccccc1)S(=O)(=O)c1ccccc1. The lowest BCUT2D eigenvalue weighted by atomic mass is 9.82. The van der Waals surface area contributed by atoms with Crippen LogP contribution < -0.4 is 0 Å². The van der Waals surface area contributed by atoms with Crippen LogP contribution in [-0.2, 0) is 38.7 Å². The van der Waals surface area contributed by atoms with Crippen LogP contribution >= 0.6 is 0 Å². The summed E-state index contributed by atoms with van der Waals surface area (Å²) in [5.41, 5.74) is -2.20. The van der Waals surface area contributed by atoms with Gasteiger partial charge in [0, 0.05) is 26.1 Å². The molecule has 0 aliphatic carbocycles. The summed E-state index contributed by atoms with van der Waals surface area (Å²) in [4.78, 5) is 12.7. The van der Waals surface area contributed by atoms with E-state index in [1.54, 1.807) is 26.0 Å². The van der Waals surface area contributed by atoms with Crippen molar-refractivity contribution < 1.29 is 35.8 Å². The third-order valence-electron chi connectivity index (χ3n) is 5.45. The van der Waals surface area contributed by atoms with Crippen molar-refractivity contribution in [3.8, 4) is 6.07 Å². The summed E-state index contributed by atoms with van der Waals surface area (Å²) in [6, 6.07) is 16.0. The number of rotatable bonds is 14. The summed E-state index contributed by atoms with van der Waals surface area (Å²) in [6.45, 7) is 5.17. The van der Waals surface area contributed by atoms with Gasteiger partial charge in [0.1, 0.15) is 0 Å². The average Bonchev–Trinajstić information content (AvgIpc) is 2.87. The fraction of sp³-hybridized carbons (Fsp3) is 0.440. The van der Waals surface area contributed by atoms with E-state index in [0.29, 0.717) is 0 Å². The third-order valence-corrected chi connectivity index (χ3v) is 10.5. The van der Waals surface area contributed by atoms with Crippen LogP contribution in [0, 0.1) is 16.7 Å². The minimum Gasteiger partial charge on any atom is -0.465 e. The van der Waals surface area contributed by atoms with Crippen LogP contribution in [0.5, 0.6) is 0 Å². The van der Waals surface area contributed by atoms with E-state index in [2.05, 4.69) is 0 Å². The zero-order valence-electron chi connectivity index (χ0n) is 20.5. The van der Waals surface area contributed by atoms with Gasteiger partial charge < -0.3 is 14.2 Å². The van der Waals surface area contributed by atoms with Crippen molar-refractivity contribution in [3.63, 3.8) is 0 Å². The summed E-state index contributed by atoms with van der Waals surface area (Å²) in [5, 5.41) is 10.2. The zero-order valence-corrected chi connectivity index (χ0v) is 22.1. The molecule has 0 spiro atoms. The quantitative estimate of drug-likeness (QED) is 0.262. The number of sulfone groups is 2. The number of nitriles is 1. The number of benzene rings is 2. The Morgan fingerprint density at radius 2 is 1.25 bits per heavy atom. The molecule has 2 aromatic rings. The molecule has 9 nitrogen and oxygen atoms in total. The summed E-state index contributed by atoms with van der Waals surface area (Å²) in [6.07, 6.45) is -2.37. The Kier molecular flexibility index (Phi) is 10.6. The predicted molar refractivity (Wildman–Crippen MR) is 132 cm³/mol. The highest BCUT2D eigenvalue weighted by atomic mass is 32.3. The predicted octanol–water partition coefficient (Wildman–Crippen LogP) is 3.51. The lowest BCUT2D eigenvalue weighted by Crippen LogP contribution is -2.44. The third kappa shape index (κ3) is 6.70. The molecule has 1 atom stereocenters. The molecule has 0 radical (unpaired) electrons. The van der Waals surface area contributed by atoms with Gasteiger partial charge in [-0.05, 0) is 45.0 Å². The molecular weight excluding hydrogens is 506 g/mol. The summed E-state index contributed by atoms with van der Waals surface area (Å²) in [7, 11) is -9.17. The molecule has 1 unspecified atom stereocenters. The second-order valence-electron chi connectivity index (χ2n) is 7.81. The van der Waals surface area contributed by atoms with E-state index in [4.69, 9.17) is 14.2 Å². The number of hydrogen-bond donors (Lipinski definition) is 0. The standard InChI is InChI=1S/C25H31NO8S2/c1-4-32-22(33-5-2)17-25(19-26,24(27)34-6-3)18-23(35(28,29)20-13-9-7-10-14-20)36(30,31)21-15-11-8-12-16-21/h7-16,22-23H,4-6,17-18H2,1-3H3. The Morgan fingerprint density at radius 3 is 1.61 bits per heavy atom. The number of nitrogens with zero attached hydrogens (tertiary/aromatic N) is 1. The second-order valence-corrected chi connectivity index (χ2v) is 12.4. The molecule has 0 aliphatic rings. The summed E-state index contributed by atoms with van der Waals surface area (Å²) in [5.74, 6) is -1.05. The topological polar surface area (TPSA) is 137 Å². The maximum atomic E-state index is 13.8. The molecule has 2 aromatic carbocycles. The van der Waals surface area contributed by atoms with E-state index < -0.39 is 54.8 Å². The van der Waals surface area contributed by atoms with Crippen molar-refractivity contribution in [2.45, 2.75) is 54.3 Å². The zero-order chi connectivity index (χ0) is 26.8.